The lowest BCUT2D eigenvalue weighted by Crippen LogP contribution is -2.65. The van der Waals surface area contributed by atoms with E-state index in [2.05, 4.69) is 9.84 Å². The number of halogens is 1. The Kier molecular flexibility index (Phi) is 2.30. The van der Waals surface area contributed by atoms with Crippen LogP contribution in [0, 0.1) is 5.41 Å². The molecule has 0 aromatic rings. The molecule has 0 N–H and O–H groups in total. The molecule has 0 radical (unpaired) electrons. The van der Waals surface area contributed by atoms with Crippen molar-refractivity contribution >= 4 is 0 Å². The average molecular weight is 175 g/mol. The number of rotatable bonds is 4. The summed E-state index contributed by atoms with van der Waals surface area (Å²) in [7, 11) is 0. The van der Waals surface area contributed by atoms with Gasteiger partial charge in [0.2, 0.25) is 0 Å². The quantitative estimate of drug-likeness (QED) is 0.584. The number of hydrogen-bond donors (Lipinski definition) is 0. The van der Waals surface area contributed by atoms with Crippen molar-refractivity contribution in [3.05, 3.63) is 0 Å². The fourth-order valence-electron chi connectivity index (χ4n) is 1.98. The van der Waals surface area contributed by atoms with Gasteiger partial charge in [-0.15, -0.1) is 0 Å². The van der Waals surface area contributed by atoms with Gasteiger partial charge in [-0.25, -0.2) is 0 Å². The summed E-state index contributed by atoms with van der Waals surface area (Å²) in [6, 6.07) is 0. The van der Waals surface area contributed by atoms with E-state index >= 15 is 0 Å². The smallest absolute Gasteiger partial charge is 0.0888 e. The molecule has 0 atom stereocenters. The van der Waals surface area contributed by atoms with Gasteiger partial charge in [-0.3, -0.25) is 0 Å². The lowest BCUT2D eigenvalue weighted by atomic mass is 9.78. The summed E-state index contributed by atoms with van der Waals surface area (Å²) < 4.78 is 16.4. The Hall–Kier alpha value is -0.190. The van der Waals surface area contributed by atoms with Crippen LogP contribution < -0.4 is 0 Å². The van der Waals surface area contributed by atoms with Crippen LogP contribution in [0.25, 0.3) is 0 Å². The summed E-state index contributed by atoms with van der Waals surface area (Å²) >= 11 is 0. The highest BCUT2D eigenvalue weighted by atomic mass is 19.3. The predicted octanol–water partition coefficient (Wildman–Crippen LogP) is 0.610. The van der Waals surface area contributed by atoms with E-state index < -0.39 is 0 Å². The summed E-state index contributed by atoms with van der Waals surface area (Å²) in [6.07, 6.45) is 0.785. The molecule has 0 aromatic carbocycles. The van der Waals surface area contributed by atoms with E-state index in [1.807, 2.05) is 0 Å². The molecule has 2 aliphatic heterocycles. The van der Waals surface area contributed by atoms with Crippen molar-refractivity contribution < 1.29 is 14.2 Å². The standard InChI is InChI=1S/C8H14FNO2/c9-12-3-1-2-10-4-8(5-10)6-11-7-8/h1-7H2. The Balaban J connectivity index is 1.56. The van der Waals surface area contributed by atoms with Crippen molar-refractivity contribution in [1.29, 1.82) is 0 Å². The summed E-state index contributed by atoms with van der Waals surface area (Å²) in [5.41, 5.74) is 0.483. The van der Waals surface area contributed by atoms with Crippen LogP contribution in [0.4, 0.5) is 4.53 Å². The van der Waals surface area contributed by atoms with E-state index in [4.69, 9.17) is 4.74 Å². The summed E-state index contributed by atoms with van der Waals surface area (Å²) in [6.45, 7) is 5.26. The molecule has 4 heteroatoms. The van der Waals surface area contributed by atoms with E-state index in [1.54, 1.807) is 0 Å². The highest BCUT2D eigenvalue weighted by molar-refractivity contribution is 4.99. The third kappa shape index (κ3) is 1.46. The van der Waals surface area contributed by atoms with Gasteiger partial charge in [-0.2, -0.15) is 4.94 Å². The van der Waals surface area contributed by atoms with Crippen LogP contribution in [0.5, 0.6) is 0 Å². The molecule has 0 aromatic heterocycles. The van der Waals surface area contributed by atoms with Gasteiger partial charge in [0.15, 0.2) is 0 Å². The molecule has 70 valence electrons. The molecule has 0 amide bonds. The van der Waals surface area contributed by atoms with E-state index in [9.17, 15) is 4.53 Å². The molecule has 0 bridgehead atoms. The fraction of sp³-hybridized carbons (Fsp3) is 1.00. The van der Waals surface area contributed by atoms with Gasteiger partial charge < -0.3 is 9.64 Å². The van der Waals surface area contributed by atoms with E-state index in [-0.39, 0.29) is 6.61 Å². The maximum Gasteiger partial charge on any atom is 0.0888 e. The highest BCUT2D eigenvalue weighted by Crippen LogP contribution is 2.37. The zero-order valence-electron chi connectivity index (χ0n) is 7.09. The van der Waals surface area contributed by atoms with Crippen LogP contribution in [0.3, 0.4) is 0 Å². The van der Waals surface area contributed by atoms with Gasteiger partial charge in [0.1, 0.15) is 0 Å². The molecule has 1 spiro atoms. The van der Waals surface area contributed by atoms with Crippen molar-refractivity contribution in [1.82, 2.24) is 4.90 Å². The van der Waals surface area contributed by atoms with Crippen molar-refractivity contribution in [2.24, 2.45) is 5.41 Å². The first-order chi connectivity index (χ1) is 5.85. The fourth-order valence-corrected chi connectivity index (χ4v) is 1.98. The molecule has 0 aliphatic carbocycles. The van der Waals surface area contributed by atoms with Gasteiger partial charge in [0.25, 0.3) is 0 Å². The molecule has 0 saturated carbocycles. The van der Waals surface area contributed by atoms with Crippen LogP contribution in [-0.4, -0.2) is 44.4 Å². The Bertz CT molecular complexity index is 153. The maximum absolute atomic E-state index is 11.3. The van der Waals surface area contributed by atoms with Gasteiger partial charge in [0, 0.05) is 25.0 Å². The van der Waals surface area contributed by atoms with Crippen LogP contribution >= 0.6 is 0 Å². The first-order valence-corrected chi connectivity index (χ1v) is 4.38. The average Bonchev–Trinajstić information content (AvgIpc) is 1.90. The second kappa shape index (κ2) is 3.28. The minimum atomic E-state index is 0.222. The largest absolute Gasteiger partial charge is 0.380 e. The topological polar surface area (TPSA) is 21.7 Å². The molecular formula is C8H14FNO2. The number of ether oxygens (including phenoxy) is 1. The lowest BCUT2D eigenvalue weighted by molar-refractivity contribution is -0.191. The first-order valence-electron chi connectivity index (χ1n) is 4.38. The van der Waals surface area contributed by atoms with Crippen LogP contribution in [0.15, 0.2) is 0 Å². The van der Waals surface area contributed by atoms with Crippen LogP contribution in [0.2, 0.25) is 0 Å². The van der Waals surface area contributed by atoms with Crippen molar-refractivity contribution in [2.75, 3.05) is 39.5 Å². The minimum Gasteiger partial charge on any atom is -0.380 e. The SMILES string of the molecule is FOCCCN1CC2(COC2)C1. The molecule has 2 heterocycles. The third-order valence-corrected chi connectivity index (χ3v) is 2.63. The maximum atomic E-state index is 11.3. The summed E-state index contributed by atoms with van der Waals surface area (Å²) in [4.78, 5) is 5.82. The molecule has 12 heavy (non-hydrogen) atoms. The van der Waals surface area contributed by atoms with E-state index in [0.717, 1.165) is 39.3 Å². The Morgan fingerprint density at radius 1 is 1.42 bits per heavy atom. The zero-order valence-corrected chi connectivity index (χ0v) is 7.09. The number of likely N-dealkylation sites (tertiary alicyclic amines) is 1. The molecule has 3 nitrogen and oxygen atoms in total. The van der Waals surface area contributed by atoms with Crippen molar-refractivity contribution in [2.45, 2.75) is 6.42 Å². The van der Waals surface area contributed by atoms with E-state index in [1.165, 1.54) is 0 Å². The number of nitrogens with zero attached hydrogens (tertiary/aromatic N) is 1. The monoisotopic (exact) mass is 175 g/mol. The zero-order chi connectivity index (χ0) is 8.44. The van der Waals surface area contributed by atoms with Crippen LogP contribution in [-0.2, 0) is 9.68 Å². The van der Waals surface area contributed by atoms with Crippen molar-refractivity contribution in [3.63, 3.8) is 0 Å². The second-order valence-electron chi connectivity index (χ2n) is 3.87. The molecule has 2 aliphatic rings. The highest BCUT2D eigenvalue weighted by Gasteiger charge is 2.48. The Labute approximate surface area is 71.3 Å². The van der Waals surface area contributed by atoms with Crippen LogP contribution in [0.1, 0.15) is 6.42 Å². The predicted molar refractivity (Wildman–Crippen MR) is 41.4 cm³/mol. The molecular weight excluding hydrogens is 161 g/mol. The molecule has 2 rings (SSSR count). The summed E-state index contributed by atoms with van der Waals surface area (Å²) in [5.74, 6) is 0. The van der Waals surface area contributed by atoms with Gasteiger partial charge >= 0.3 is 0 Å². The summed E-state index contributed by atoms with van der Waals surface area (Å²) in [5, 5.41) is 0. The normalized spacial score (nSPS) is 26.8. The molecule has 2 fully saturated rings. The first kappa shape index (κ1) is 8.41. The third-order valence-electron chi connectivity index (χ3n) is 2.63. The second-order valence-corrected chi connectivity index (χ2v) is 3.87. The van der Waals surface area contributed by atoms with Gasteiger partial charge in [0.05, 0.1) is 19.8 Å². The number of hydrogen-bond acceptors (Lipinski definition) is 3. The molecule has 2 saturated heterocycles. The van der Waals surface area contributed by atoms with Crippen molar-refractivity contribution in [3.8, 4) is 0 Å². The Morgan fingerprint density at radius 3 is 2.67 bits per heavy atom. The minimum absolute atomic E-state index is 0.222. The molecule has 0 unspecified atom stereocenters. The van der Waals surface area contributed by atoms with Gasteiger partial charge in [-0.1, -0.05) is 0 Å². The lowest BCUT2D eigenvalue weighted by Gasteiger charge is -2.55. The van der Waals surface area contributed by atoms with Gasteiger partial charge in [-0.05, 0) is 10.9 Å². The van der Waals surface area contributed by atoms with E-state index in [0.29, 0.717) is 5.41 Å². The Morgan fingerprint density at radius 2 is 2.17 bits per heavy atom.